The summed E-state index contributed by atoms with van der Waals surface area (Å²) in [6.07, 6.45) is 0. The number of benzene rings is 2. The minimum Gasteiger partial charge on any atom is -0.478 e. The van der Waals surface area contributed by atoms with E-state index in [1.54, 1.807) is 31.2 Å². The van der Waals surface area contributed by atoms with Gasteiger partial charge in [-0.1, -0.05) is 11.6 Å². The van der Waals surface area contributed by atoms with Crippen LogP contribution in [0.25, 0.3) is 0 Å². The van der Waals surface area contributed by atoms with Crippen molar-refractivity contribution in [2.45, 2.75) is 6.92 Å². The van der Waals surface area contributed by atoms with Crippen LogP contribution >= 0.6 is 27.5 Å². The zero-order valence-electron chi connectivity index (χ0n) is 10.1. The third-order valence-electron chi connectivity index (χ3n) is 2.67. The van der Waals surface area contributed by atoms with Crippen molar-refractivity contribution in [3.05, 3.63) is 57.0 Å². The maximum atomic E-state index is 10.9. The molecular weight excluding hydrogens is 330 g/mol. The van der Waals surface area contributed by atoms with Gasteiger partial charge < -0.3 is 10.4 Å². The fourth-order valence-electron chi connectivity index (χ4n) is 1.72. The van der Waals surface area contributed by atoms with E-state index in [0.717, 1.165) is 15.8 Å². The summed E-state index contributed by atoms with van der Waals surface area (Å²) in [6.45, 7) is 1.77. The van der Waals surface area contributed by atoms with E-state index in [1.165, 1.54) is 0 Å². The lowest BCUT2D eigenvalue weighted by Crippen LogP contribution is -2.00. The van der Waals surface area contributed by atoms with Gasteiger partial charge in [0, 0.05) is 15.8 Å². The summed E-state index contributed by atoms with van der Waals surface area (Å²) in [5, 5.41) is 12.8. The second-order valence-electron chi connectivity index (χ2n) is 4.09. The largest absolute Gasteiger partial charge is 0.478 e. The Morgan fingerprint density at radius 3 is 2.42 bits per heavy atom. The molecule has 0 aliphatic rings. The Morgan fingerprint density at radius 2 is 1.84 bits per heavy atom. The standard InChI is InChI=1S/C14H11BrClNO2/c1-8-6-9(2-4-11(8)14(18)19)17-10-3-5-13(16)12(15)7-10/h2-7,17H,1H3,(H,18,19). The van der Waals surface area contributed by atoms with Gasteiger partial charge in [0.25, 0.3) is 0 Å². The first kappa shape index (κ1) is 13.9. The predicted octanol–water partition coefficient (Wildman–Crippen LogP) is 4.85. The molecule has 3 nitrogen and oxygen atoms in total. The number of carbonyl (C=O) groups is 1. The summed E-state index contributed by atoms with van der Waals surface area (Å²) in [7, 11) is 0. The first-order chi connectivity index (χ1) is 8.97. The van der Waals surface area contributed by atoms with Crippen LogP contribution < -0.4 is 5.32 Å². The van der Waals surface area contributed by atoms with Crippen molar-refractivity contribution in [3.8, 4) is 0 Å². The number of rotatable bonds is 3. The third-order valence-corrected chi connectivity index (χ3v) is 3.88. The number of halogens is 2. The zero-order valence-corrected chi connectivity index (χ0v) is 12.4. The Hall–Kier alpha value is -1.52. The number of carboxylic acids is 1. The molecule has 2 N–H and O–H groups in total. The van der Waals surface area contributed by atoms with Gasteiger partial charge in [-0.2, -0.15) is 0 Å². The number of hydrogen-bond acceptors (Lipinski definition) is 2. The normalized spacial score (nSPS) is 10.3. The van der Waals surface area contributed by atoms with Gasteiger partial charge in [0.2, 0.25) is 0 Å². The second kappa shape index (κ2) is 5.63. The number of carboxylic acid groups (broad SMARTS) is 1. The molecule has 2 rings (SSSR count). The number of aryl methyl sites for hydroxylation is 1. The Balaban J connectivity index is 2.26. The number of aromatic carboxylic acids is 1. The molecule has 0 radical (unpaired) electrons. The molecule has 0 heterocycles. The van der Waals surface area contributed by atoms with Crippen molar-refractivity contribution >= 4 is 44.9 Å². The molecule has 98 valence electrons. The van der Waals surface area contributed by atoms with Gasteiger partial charge in [0.15, 0.2) is 0 Å². The summed E-state index contributed by atoms with van der Waals surface area (Å²) < 4.78 is 0.804. The summed E-state index contributed by atoms with van der Waals surface area (Å²) in [4.78, 5) is 10.9. The number of nitrogens with one attached hydrogen (secondary N) is 1. The molecule has 0 aliphatic carbocycles. The van der Waals surface area contributed by atoms with Gasteiger partial charge in [0.1, 0.15) is 0 Å². The van der Waals surface area contributed by atoms with E-state index in [0.29, 0.717) is 16.1 Å². The molecule has 0 aromatic heterocycles. The van der Waals surface area contributed by atoms with Gasteiger partial charge in [-0.05, 0) is 64.8 Å². The Kier molecular flexibility index (Phi) is 4.12. The molecule has 19 heavy (non-hydrogen) atoms. The highest BCUT2D eigenvalue weighted by Crippen LogP contribution is 2.27. The highest BCUT2D eigenvalue weighted by molar-refractivity contribution is 9.10. The van der Waals surface area contributed by atoms with Gasteiger partial charge in [0.05, 0.1) is 10.6 Å². The van der Waals surface area contributed by atoms with Crippen LogP contribution in [0.5, 0.6) is 0 Å². The first-order valence-electron chi connectivity index (χ1n) is 5.53. The average Bonchev–Trinajstić information content (AvgIpc) is 2.33. The van der Waals surface area contributed by atoms with Crippen LogP contribution in [0.2, 0.25) is 5.02 Å². The Morgan fingerprint density at radius 1 is 1.21 bits per heavy atom. The summed E-state index contributed by atoms with van der Waals surface area (Å²) in [5.74, 6) is -0.918. The molecule has 5 heteroatoms. The second-order valence-corrected chi connectivity index (χ2v) is 5.35. The van der Waals surface area contributed by atoms with Crippen molar-refractivity contribution in [3.63, 3.8) is 0 Å². The van der Waals surface area contributed by atoms with E-state index >= 15 is 0 Å². The van der Waals surface area contributed by atoms with Gasteiger partial charge >= 0.3 is 5.97 Å². The number of hydrogen-bond donors (Lipinski definition) is 2. The molecule has 0 atom stereocenters. The van der Waals surface area contributed by atoms with Crippen LogP contribution in [0.4, 0.5) is 11.4 Å². The zero-order chi connectivity index (χ0) is 14.0. The minimum absolute atomic E-state index is 0.308. The number of anilines is 2. The molecule has 2 aromatic carbocycles. The lowest BCUT2D eigenvalue weighted by Gasteiger charge is -2.09. The van der Waals surface area contributed by atoms with E-state index in [4.69, 9.17) is 16.7 Å². The fourth-order valence-corrected chi connectivity index (χ4v) is 2.22. The molecule has 0 saturated heterocycles. The molecule has 0 bridgehead atoms. The Bertz CT molecular complexity index is 643. The maximum absolute atomic E-state index is 10.9. The topological polar surface area (TPSA) is 49.3 Å². The molecule has 0 aliphatic heterocycles. The molecular formula is C14H11BrClNO2. The SMILES string of the molecule is Cc1cc(Nc2ccc(Cl)c(Br)c2)ccc1C(=O)O. The van der Waals surface area contributed by atoms with Crippen molar-refractivity contribution in [2.24, 2.45) is 0 Å². The molecule has 0 fully saturated rings. The van der Waals surface area contributed by atoms with E-state index in [-0.39, 0.29) is 0 Å². The van der Waals surface area contributed by atoms with Crippen LogP contribution in [-0.4, -0.2) is 11.1 Å². The van der Waals surface area contributed by atoms with E-state index < -0.39 is 5.97 Å². The van der Waals surface area contributed by atoms with Gasteiger partial charge in [-0.25, -0.2) is 4.79 Å². The highest BCUT2D eigenvalue weighted by Gasteiger charge is 2.07. The monoisotopic (exact) mass is 339 g/mol. The van der Waals surface area contributed by atoms with E-state index in [9.17, 15) is 4.79 Å². The maximum Gasteiger partial charge on any atom is 0.335 e. The van der Waals surface area contributed by atoms with Gasteiger partial charge in [-0.15, -0.1) is 0 Å². The summed E-state index contributed by atoms with van der Waals surface area (Å²) in [5.41, 5.74) is 2.73. The van der Waals surface area contributed by atoms with Crippen molar-refractivity contribution < 1.29 is 9.90 Å². The van der Waals surface area contributed by atoms with Crippen LogP contribution in [-0.2, 0) is 0 Å². The van der Waals surface area contributed by atoms with Crippen LogP contribution in [0.1, 0.15) is 15.9 Å². The van der Waals surface area contributed by atoms with Crippen molar-refractivity contribution in [2.75, 3.05) is 5.32 Å². The molecule has 0 saturated carbocycles. The van der Waals surface area contributed by atoms with Crippen molar-refractivity contribution in [1.82, 2.24) is 0 Å². The lowest BCUT2D eigenvalue weighted by molar-refractivity contribution is 0.0696. The Labute approximate surface area is 124 Å². The quantitative estimate of drug-likeness (QED) is 0.839. The van der Waals surface area contributed by atoms with E-state index in [1.807, 2.05) is 12.1 Å². The minimum atomic E-state index is -0.918. The summed E-state index contributed by atoms with van der Waals surface area (Å²) >= 11 is 9.28. The highest BCUT2D eigenvalue weighted by atomic mass is 79.9. The first-order valence-corrected chi connectivity index (χ1v) is 6.70. The fraction of sp³-hybridized carbons (Fsp3) is 0.0714. The van der Waals surface area contributed by atoms with Crippen LogP contribution in [0.3, 0.4) is 0 Å². The lowest BCUT2D eigenvalue weighted by atomic mass is 10.1. The van der Waals surface area contributed by atoms with Crippen LogP contribution in [0.15, 0.2) is 40.9 Å². The molecule has 0 amide bonds. The van der Waals surface area contributed by atoms with Crippen molar-refractivity contribution in [1.29, 1.82) is 0 Å². The van der Waals surface area contributed by atoms with E-state index in [2.05, 4.69) is 21.2 Å². The molecule has 0 spiro atoms. The predicted molar refractivity (Wildman–Crippen MR) is 80.6 cm³/mol. The van der Waals surface area contributed by atoms with Gasteiger partial charge in [-0.3, -0.25) is 0 Å². The summed E-state index contributed by atoms with van der Waals surface area (Å²) in [6, 6.07) is 10.6. The smallest absolute Gasteiger partial charge is 0.335 e. The van der Waals surface area contributed by atoms with Crippen LogP contribution in [0, 0.1) is 6.92 Å². The molecule has 0 unspecified atom stereocenters. The molecule has 2 aromatic rings. The third kappa shape index (κ3) is 3.28. The average molecular weight is 341 g/mol.